The minimum atomic E-state index is -0.757. The van der Waals surface area contributed by atoms with Crippen LogP contribution in [0.2, 0.25) is 0 Å². The van der Waals surface area contributed by atoms with E-state index in [1.54, 1.807) is 90.2 Å². The van der Waals surface area contributed by atoms with Gasteiger partial charge in [0.05, 0.1) is 34.4 Å². The Balaban J connectivity index is -0.000000558. The summed E-state index contributed by atoms with van der Waals surface area (Å²) in [6.45, 7) is 21.2. The SMILES string of the molecule is CC(C)(C)C(=O)O.CC(C)(C)C(=O)O.CO[C@@H](CCOC(=O)C(C)(C)C)COC(=O)C(C)(C)C. The smallest absolute Gasteiger partial charge is 0.311 e. The van der Waals surface area contributed by atoms with Gasteiger partial charge in [-0.25, -0.2) is 0 Å². The fraction of sp³-hybridized carbons (Fsp3) is 0.840. The van der Waals surface area contributed by atoms with Gasteiger partial charge < -0.3 is 24.4 Å². The van der Waals surface area contributed by atoms with Crippen LogP contribution in [0.4, 0.5) is 0 Å². The van der Waals surface area contributed by atoms with E-state index >= 15 is 0 Å². The van der Waals surface area contributed by atoms with E-state index in [-0.39, 0.29) is 31.3 Å². The zero-order valence-corrected chi connectivity index (χ0v) is 23.5. The van der Waals surface area contributed by atoms with Crippen molar-refractivity contribution in [2.45, 2.75) is 95.6 Å². The molecule has 202 valence electrons. The average Bonchev–Trinajstić information content (AvgIpc) is 2.61. The number of aliphatic carboxylic acids is 2. The number of carbonyl (C=O) groups is 4. The zero-order valence-electron chi connectivity index (χ0n) is 23.5. The molecular weight excluding hydrogens is 444 g/mol. The molecule has 9 nitrogen and oxygen atoms in total. The molecule has 0 saturated heterocycles. The van der Waals surface area contributed by atoms with Crippen LogP contribution in [-0.4, -0.2) is 60.5 Å². The van der Waals surface area contributed by atoms with Crippen molar-refractivity contribution < 1.29 is 43.6 Å². The van der Waals surface area contributed by atoms with Crippen LogP contribution in [0.1, 0.15) is 89.5 Å². The van der Waals surface area contributed by atoms with Crippen molar-refractivity contribution in [2.75, 3.05) is 20.3 Å². The molecule has 0 aliphatic carbocycles. The Morgan fingerprint density at radius 3 is 1.15 bits per heavy atom. The van der Waals surface area contributed by atoms with Gasteiger partial charge in [-0.2, -0.15) is 0 Å². The van der Waals surface area contributed by atoms with Crippen LogP contribution in [0.15, 0.2) is 0 Å². The van der Waals surface area contributed by atoms with Crippen LogP contribution in [0.5, 0.6) is 0 Å². The summed E-state index contributed by atoms with van der Waals surface area (Å²) in [7, 11) is 1.54. The summed E-state index contributed by atoms with van der Waals surface area (Å²) in [5.41, 5.74) is -2.21. The van der Waals surface area contributed by atoms with E-state index in [0.29, 0.717) is 6.42 Å². The van der Waals surface area contributed by atoms with E-state index in [2.05, 4.69) is 0 Å². The first-order chi connectivity index (χ1) is 14.9. The van der Waals surface area contributed by atoms with E-state index in [1.807, 2.05) is 0 Å². The molecule has 0 aliphatic heterocycles. The summed E-state index contributed by atoms with van der Waals surface area (Å²) in [6, 6.07) is 0. The third-order valence-corrected chi connectivity index (χ3v) is 3.91. The number of methoxy groups -OCH3 is 1. The number of carboxylic acids is 2. The van der Waals surface area contributed by atoms with Crippen LogP contribution < -0.4 is 0 Å². The number of esters is 2. The fourth-order valence-electron chi connectivity index (χ4n) is 1.15. The molecule has 0 fully saturated rings. The van der Waals surface area contributed by atoms with Gasteiger partial charge in [-0.3, -0.25) is 19.2 Å². The predicted molar refractivity (Wildman–Crippen MR) is 130 cm³/mol. The Labute approximate surface area is 205 Å². The van der Waals surface area contributed by atoms with Gasteiger partial charge in [0.2, 0.25) is 0 Å². The van der Waals surface area contributed by atoms with E-state index < -0.39 is 33.6 Å². The molecule has 0 aromatic carbocycles. The van der Waals surface area contributed by atoms with Gasteiger partial charge in [0, 0.05) is 13.5 Å². The van der Waals surface area contributed by atoms with Crippen molar-refractivity contribution >= 4 is 23.9 Å². The lowest BCUT2D eigenvalue weighted by molar-refractivity contribution is -0.159. The average molecular weight is 493 g/mol. The van der Waals surface area contributed by atoms with Crippen LogP contribution in [-0.2, 0) is 33.4 Å². The van der Waals surface area contributed by atoms with E-state index in [1.165, 1.54) is 0 Å². The number of carbonyl (C=O) groups excluding carboxylic acids is 2. The summed E-state index contributed by atoms with van der Waals surface area (Å²) in [4.78, 5) is 43.3. The number of hydrogen-bond donors (Lipinski definition) is 2. The molecule has 1 atom stereocenters. The summed E-state index contributed by atoms with van der Waals surface area (Å²) >= 11 is 0. The van der Waals surface area contributed by atoms with Crippen LogP contribution >= 0.6 is 0 Å². The number of ether oxygens (including phenoxy) is 3. The molecule has 9 heteroatoms. The third kappa shape index (κ3) is 20.4. The van der Waals surface area contributed by atoms with Crippen LogP contribution in [0.25, 0.3) is 0 Å². The molecule has 0 amide bonds. The number of carboxylic acid groups (broad SMARTS) is 2. The highest BCUT2D eigenvalue weighted by molar-refractivity contribution is 5.76. The van der Waals surface area contributed by atoms with Crippen molar-refractivity contribution in [3.63, 3.8) is 0 Å². The Bertz CT molecular complexity index is 615. The van der Waals surface area contributed by atoms with Gasteiger partial charge in [-0.1, -0.05) is 0 Å². The molecule has 0 heterocycles. The van der Waals surface area contributed by atoms with Gasteiger partial charge in [0.1, 0.15) is 6.61 Å². The van der Waals surface area contributed by atoms with Crippen LogP contribution in [0.3, 0.4) is 0 Å². The third-order valence-electron chi connectivity index (χ3n) is 3.91. The first-order valence-electron chi connectivity index (χ1n) is 11.2. The van der Waals surface area contributed by atoms with Gasteiger partial charge in [-0.05, 0) is 83.1 Å². The molecule has 0 spiro atoms. The zero-order chi connectivity index (χ0) is 28.1. The molecule has 0 aromatic heterocycles. The fourth-order valence-corrected chi connectivity index (χ4v) is 1.15. The second-order valence-electron chi connectivity index (χ2n) is 12.0. The van der Waals surface area contributed by atoms with Crippen molar-refractivity contribution in [3.8, 4) is 0 Å². The lowest BCUT2D eigenvalue weighted by Gasteiger charge is -2.21. The molecule has 0 bridgehead atoms. The van der Waals surface area contributed by atoms with Gasteiger partial charge in [-0.15, -0.1) is 0 Å². The second kappa shape index (κ2) is 15.0. The largest absolute Gasteiger partial charge is 0.481 e. The summed E-state index contributed by atoms with van der Waals surface area (Å²) < 4.78 is 15.5. The highest BCUT2D eigenvalue weighted by atomic mass is 16.6. The lowest BCUT2D eigenvalue weighted by atomic mass is 9.97. The molecule has 2 N–H and O–H groups in total. The van der Waals surface area contributed by atoms with Gasteiger partial charge in [0.15, 0.2) is 0 Å². The maximum absolute atomic E-state index is 11.6. The standard InChI is InChI=1S/C15H28O5.2C5H10O2/c1-14(2,3)12(16)19-9-8-11(18-7)10-20-13(17)15(4,5)6;2*1-5(2,3)4(6)7/h11H,8-10H2,1-7H3;2*1-3H3,(H,6,7)/t11-;;/m0../s1. The van der Waals surface area contributed by atoms with Gasteiger partial charge in [0.25, 0.3) is 0 Å². The Morgan fingerprint density at radius 2 is 0.912 bits per heavy atom. The monoisotopic (exact) mass is 492 g/mol. The summed E-state index contributed by atoms with van der Waals surface area (Å²) in [5.74, 6) is -2.04. The quantitative estimate of drug-likeness (QED) is 0.501. The summed E-state index contributed by atoms with van der Waals surface area (Å²) in [6.07, 6.45) is 0.226. The molecule has 0 aliphatic rings. The second-order valence-corrected chi connectivity index (χ2v) is 12.0. The Kier molecular flexibility index (Phi) is 16.0. The van der Waals surface area contributed by atoms with Crippen molar-refractivity contribution in [2.24, 2.45) is 21.7 Å². The van der Waals surface area contributed by atoms with Crippen LogP contribution in [0, 0.1) is 21.7 Å². The molecule has 0 radical (unpaired) electrons. The predicted octanol–water partition coefficient (Wildman–Crippen LogP) is 4.80. The Hall–Kier alpha value is -2.16. The normalized spacial score (nSPS) is 12.7. The highest BCUT2D eigenvalue weighted by Gasteiger charge is 2.25. The molecule has 0 rings (SSSR count). The molecular formula is C25H48O9. The minimum absolute atomic E-state index is 0.166. The number of hydrogen-bond acceptors (Lipinski definition) is 7. The minimum Gasteiger partial charge on any atom is -0.481 e. The number of rotatable bonds is 6. The maximum Gasteiger partial charge on any atom is 0.311 e. The van der Waals surface area contributed by atoms with Crippen molar-refractivity contribution in [3.05, 3.63) is 0 Å². The first-order valence-corrected chi connectivity index (χ1v) is 11.2. The first kappa shape index (κ1) is 36.4. The van der Waals surface area contributed by atoms with Gasteiger partial charge >= 0.3 is 23.9 Å². The van der Waals surface area contributed by atoms with Crippen molar-refractivity contribution in [1.82, 2.24) is 0 Å². The molecule has 0 saturated carbocycles. The molecule has 0 aromatic rings. The van der Waals surface area contributed by atoms with E-state index in [9.17, 15) is 19.2 Å². The summed E-state index contributed by atoms with van der Waals surface area (Å²) in [5, 5.41) is 16.5. The van der Waals surface area contributed by atoms with E-state index in [4.69, 9.17) is 24.4 Å². The maximum atomic E-state index is 11.6. The molecule has 0 unspecified atom stereocenters. The highest BCUT2D eigenvalue weighted by Crippen LogP contribution is 2.17. The topological polar surface area (TPSA) is 136 Å². The van der Waals surface area contributed by atoms with E-state index in [0.717, 1.165) is 0 Å². The Morgan fingerprint density at radius 1 is 0.618 bits per heavy atom. The molecule has 34 heavy (non-hydrogen) atoms. The lowest BCUT2D eigenvalue weighted by Crippen LogP contribution is -2.29. The van der Waals surface area contributed by atoms with Crippen molar-refractivity contribution in [1.29, 1.82) is 0 Å².